The van der Waals surface area contributed by atoms with Crippen LogP contribution in [0.15, 0.2) is 24.3 Å². The Balaban J connectivity index is 2.24. The summed E-state index contributed by atoms with van der Waals surface area (Å²) in [5.41, 5.74) is 3.51. The molecule has 0 saturated heterocycles. The molecule has 1 nitrogen and oxygen atoms in total. The largest absolute Gasteiger partial charge is 0.258 e. The van der Waals surface area contributed by atoms with Crippen LogP contribution in [0.25, 0.3) is 10.4 Å². The lowest BCUT2D eigenvalue weighted by atomic mass is 10.1. The van der Waals surface area contributed by atoms with Gasteiger partial charge in [0.2, 0.25) is 0 Å². The highest BCUT2D eigenvalue weighted by Gasteiger charge is 2.04. The molecule has 0 aliphatic heterocycles. The summed E-state index contributed by atoms with van der Waals surface area (Å²) < 4.78 is 0. The number of rotatable bonds is 4. The summed E-state index contributed by atoms with van der Waals surface area (Å²) in [6.07, 6.45) is 3.76. The third kappa shape index (κ3) is 3.16. The number of aromatic nitrogens is 1. The van der Waals surface area contributed by atoms with Crippen molar-refractivity contribution in [3.8, 4) is 10.4 Å². The quantitative estimate of drug-likeness (QED) is 0.756. The van der Waals surface area contributed by atoms with Crippen molar-refractivity contribution in [2.45, 2.75) is 40.0 Å². The summed E-state index contributed by atoms with van der Waals surface area (Å²) >= 11 is 1.92. The molecule has 0 aliphatic rings. The van der Waals surface area contributed by atoms with Gasteiger partial charge in [-0.1, -0.05) is 13.3 Å². The van der Waals surface area contributed by atoms with Crippen molar-refractivity contribution in [3.05, 3.63) is 40.5 Å². The Morgan fingerprint density at radius 2 is 1.82 bits per heavy atom. The first-order valence-electron chi connectivity index (χ1n) is 6.23. The predicted octanol–water partition coefficient (Wildman–Crippen LogP) is 4.77. The van der Waals surface area contributed by atoms with Crippen molar-refractivity contribution in [3.63, 3.8) is 0 Å². The second-order valence-corrected chi connectivity index (χ2v) is 5.68. The molecule has 0 N–H and O–H groups in total. The molecule has 0 bridgehead atoms. The molecule has 2 aromatic heterocycles. The molecule has 0 spiro atoms. The average molecular weight is 245 g/mol. The van der Waals surface area contributed by atoms with E-state index in [9.17, 15) is 0 Å². The first-order chi connectivity index (χ1) is 8.19. The Labute approximate surface area is 108 Å². The summed E-state index contributed by atoms with van der Waals surface area (Å²) in [7, 11) is 0. The number of aryl methyl sites for hydroxylation is 3. The van der Waals surface area contributed by atoms with Crippen molar-refractivity contribution in [2.75, 3.05) is 0 Å². The van der Waals surface area contributed by atoms with Gasteiger partial charge in [0.15, 0.2) is 0 Å². The van der Waals surface area contributed by atoms with E-state index in [1.807, 2.05) is 11.3 Å². The number of hydrogen-bond donors (Lipinski definition) is 0. The summed E-state index contributed by atoms with van der Waals surface area (Å²) in [4.78, 5) is 7.28. The molecule has 2 heteroatoms. The maximum absolute atomic E-state index is 4.42. The van der Waals surface area contributed by atoms with Crippen LogP contribution >= 0.6 is 11.3 Å². The smallest absolute Gasteiger partial charge is 0.0382 e. The summed E-state index contributed by atoms with van der Waals surface area (Å²) in [6.45, 7) is 6.36. The van der Waals surface area contributed by atoms with Crippen molar-refractivity contribution in [2.24, 2.45) is 0 Å². The van der Waals surface area contributed by atoms with E-state index in [4.69, 9.17) is 0 Å². The van der Waals surface area contributed by atoms with Crippen LogP contribution in [0.1, 0.15) is 36.0 Å². The molecule has 0 aromatic carbocycles. The number of unbranched alkanes of at least 4 members (excludes halogenated alkanes) is 1. The van der Waals surface area contributed by atoms with E-state index >= 15 is 0 Å². The molecule has 0 radical (unpaired) electrons. The Morgan fingerprint density at radius 3 is 2.47 bits per heavy atom. The normalized spacial score (nSPS) is 10.8. The van der Waals surface area contributed by atoms with Crippen molar-refractivity contribution in [1.29, 1.82) is 0 Å². The summed E-state index contributed by atoms with van der Waals surface area (Å²) in [5, 5.41) is 0. The van der Waals surface area contributed by atoms with Gasteiger partial charge in [-0.15, -0.1) is 11.3 Å². The minimum atomic E-state index is 1.10. The second kappa shape index (κ2) is 5.46. The van der Waals surface area contributed by atoms with Gasteiger partial charge >= 0.3 is 0 Å². The molecule has 0 atom stereocenters. The SMILES string of the molecule is CCCCc1ccc(-c2cc(C)nc(C)c2)s1. The maximum Gasteiger partial charge on any atom is 0.0382 e. The number of pyridine rings is 1. The molecule has 0 aliphatic carbocycles. The van der Waals surface area contributed by atoms with Crippen LogP contribution in [-0.2, 0) is 6.42 Å². The average Bonchev–Trinajstić information content (AvgIpc) is 2.73. The molecule has 0 unspecified atom stereocenters. The van der Waals surface area contributed by atoms with E-state index in [2.05, 4.69) is 50.0 Å². The van der Waals surface area contributed by atoms with Gasteiger partial charge in [0.05, 0.1) is 0 Å². The van der Waals surface area contributed by atoms with E-state index in [1.54, 1.807) is 0 Å². The fourth-order valence-electron chi connectivity index (χ4n) is 2.00. The van der Waals surface area contributed by atoms with Gasteiger partial charge in [-0.05, 0) is 56.5 Å². The highest BCUT2D eigenvalue weighted by Crippen LogP contribution is 2.29. The molecule has 17 heavy (non-hydrogen) atoms. The molecule has 0 fully saturated rings. The predicted molar refractivity (Wildman–Crippen MR) is 75.6 cm³/mol. The van der Waals surface area contributed by atoms with Gasteiger partial charge in [-0.25, -0.2) is 0 Å². The lowest BCUT2D eigenvalue weighted by molar-refractivity contribution is 0.804. The highest BCUT2D eigenvalue weighted by atomic mass is 32.1. The molecular weight excluding hydrogens is 226 g/mol. The standard InChI is InChI=1S/C15H19NS/c1-4-5-6-14-7-8-15(17-14)13-9-11(2)16-12(3)10-13/h7-10H,4-6H2,1-3H3. The summed E-state index contributed by atoms with van der Waals surface area (Å²) in [5.74, 6) is 0. The van der Waals surface area contributed by atoms with Gasteiger partial charge in [0.1, 0.15) is 0 Å². The molecule has 2 heterocycles. The van der Waals surface area contributed by atoms with Crippen molar-refractivity contribution >= 4 is 11.3 Å². The molecule has 0 saturated carbocycles. The number of thiophene rings is 1. The van der Waals surface area contributed by atoms with E-state index in [0.717, 1.165) is 11.4 Å². The zero-order chi connectivity index (χ0) is 12.3. The first-order valence-corrected chi connectivity index (χ1v) is 7.05. The fourth-order valence-corrected chi connectivity index (χ4v) is 3.03. The van der Waals surface area contributed by atoms with Gasteiger partial charge in [-0.3, -0.25) is 4.98 Å². The Morgan fingerprint density at radius 1 is 1.12 bits per heavy atom. The van der Waals surface area contributed by atoms with Crippen LogP contribution in [-0.4, -0.2) is 4.98 Å². The van der Waals surface area contributed by atoms with Gasteiger partial charge in [0.25, 0.3) is 0 Å². The second-order valence-electron chi connectivity index (χ2n) is 4.51. The zero-order valence-corrected chi connectivity index (χ0v) is 11.6. The van der Waals surface area contributed by atoms with Crippen LogP contribution in [0.3, 0.4) is 0 Å². The van der Waals surface area contributed by atoms with Gasteiger partial charge < -0.3 is 0 Å². The van der Waals surface area contributed by atoms with Crippen molar-refractivity contribution in [1.82, 2.24) is 4.98 Å². The van der Waals surface area contributed by atoms with Crippen LogP contribution in [0, 0.1) is 13.8 Å². The van der Waals surface area contributed by atoms with E-state index in [1.165, 1.54) is 34.6 Å². The summed E-state index contributed by atoms with van der Waals surface area (Å²) in [6, 6.07) is 8.84. The molecule has 2 rings (SSSR count). The minimum Gasteiger partial charge on any atom is -0.258 e. The van der Waals surface area contributed by atoms with Crippen LogP contribution in [0.5, 0.6) is 0 Å². The lowest BCUT2D eigenvalue weighted by Crippen LogP contribution is -1.86. The third-order valence-corrected chi connectivity index (χ3v) is 4.00. The zero-order valence-electron chi connectivity index (χ0n) is 10.8. The van der Waals surface area contributed by atoms with Crippen molar-refractivity contribution < 1.29 is 0 Å². The van der Waals surface area contributed by atoms with E-state index in [0.29, 0.717) is 0 Å². The Bertz CT molecular complexity index is 479. The third-order valence-electron chi connectivity index (χ3n) is 2.80. The lowest BCUT2D eigenvalue weighted by Gasteiger charge is -2.01. The van der Waals surface area contributed by atoms with Crippen LogP contribution in [0.4, 0.5) is 0 Å². The molecule has 0 amide bonds. The highest BCUT2D eigenvalue weighted by molar-refractivity contribution is 7.15. The Hall–Kier alpha value is -1.15. The molecule has 90 valence electrons. The van der Waals surface area contributed by atoms with Gasteiger partial charge in [0, 0.05) is 21.1 Å². The minimum absolute atomic E-state index is 1.10. The Kier molecular flexibility index (Phi) is 3.95. The van der Waals surface area contributed by atoms with E-state index < -0.39 is 0 Å². The van der Waals surface area contributed by atoms with Crippen LogP contribution in [0.2, 0.25) is 0 Å². The molecule has 2 aromatic rings. The fraction of sp³-hybridized carbons (Fsp3) is 0.400. The van der Waals surface area contributed by atoms with E-state index in [-0.39, 0.29) is 0 Å². The van der Waals surface area contributed by atoms with Crippen LogP contribution < -0.4 is 0 Å². The number of nitrogens with zero attached hydrogens (tertiary/aromatic N) is 1. The van der Waals surface area contributed by atoms with Gasteiger partial charge in [-0.2, -0.15) is 0 Å². The number of hydrogen-bond acceptors (Lipinski definition) is 2. The first kappa shape index (κ1) is 12.3. The maximum atomic E-state index is 4.42. The monoisotopic (exact) mass is 245 g/mol. The topological polar surface area (TPSA) is 12.9 Å². The molecular formula is C15H19NS.